The zero-order valence-electron chi connectivity index (χ0n) is 17.7. The first-order valence-electron chi connectivity index (χ1n) is 10.7. The highest BCUT2D eigenvalue weighted by Gasteiger charge is 2.29. The number of rotatable bonds is 5. The number of nitrogens with zero attached hydrogens (tertiary/aromatic N) is 4. The number of halogens is 2. The van der Waals surface area contributed by atoms with E-state index in [4.69, 9.17) is 16.1 Å². The smallest absolute Gasteiger partial charge is 0.263 e. The number of benzene rings is 2. The van der Waals surface area contributed by atoms with Gasteiger partial charge in [0.05, 0.1) is 5.92 Å². The van der Waals surface area contributed by atoms with Crippen molar-refractivity contribution in [3.05, 3.63) is 71.3 Å². The highest BCUT2D eigenvalue weighted by molar-refractivity contribution is 6.30. The Morgan fingerprint density at radius 3 is 2.73 bits per heavy atom. The standard InChI is InChI=1S/C24H21ClFN5O2/c25-18-7-3-15(4-8-18)12-27-23(32)17-2-1-11-31(13-17)22-20-21(16-5-9-19(26)10-6-16)30-33-24(20)29-14-28-22/h3-10,14,17H,1-2,11-13H2,(H,27,32)/t17-/m0/s1. The van der Waals surface area contributed by atoms with Crippen molar-refractivity contribution < 1.29 is 13.7 Å². The van der Waals surface area contributed by atoms with E-state index in [9.17, 15) is 9.18 Å². The maximum absolute atomic E-state index is 13.4. The highest BCUT2D eigenvalue weighted by atomic mass is 35.5. The van der Waals surface area contributed by atoms with Crippen LogP contribution >= 0.6 is 11.6 Å². The Kier molecular flexibility index (Phi) is 5.92. The first kappa shape index (κ1) is 21.3. The van der Waals surface area contributed by atoms with Crippen LogP contribution in [0.4, 0.5) is 10.2 Å². The van der Waals surface area contributed by atoms with Gasteiger partial charge in [0.25, 0.3) is 5.71 Å². The minimum Gasteiger partial charge on any atom is -0.355 e. The second-order valence-corrected chi connectivity index (χ2v) is 8.48. The molecule has 0 unspecified atom stereocenters. The van der Waals surface area contributed by atoms with E-state index in [0.29, 0.717) is 46.3 Å². The van der Waals surface area contributed by atoms with Crippen LogP contribution in [0.3, 0.4) is 0 Å². The van der Waals surface area contributed by atoms with E-state index >= 15 is 0 Å². The monoisotopic (exact) mass is 465 g/mol. The van der Waals surface area contributed by atoms with Crippen LogP contribution in [0, 0.1) is 11.7 Å². The van der Waals surface area contributed by atoms with Crippen molar-refractivity contribution in [2.45, 2.75) is 19.4 Å². The molecule has 5 rings (SSSR count). The van der Waals surface area contributed by atoms with Crippen molar-refractivity contribution in [2.75, 3.05) is 18.0 Å². The summed E-state index contributed by atoms with van der Waals surface area (Å²) in [5.41, 5.74) is 2.61. The average Bonchev–Trinajstić information content (AvgIpc) is 3.28. The average molecular weight is 466 g/mol. The second kappa shape index (κ2) is 9.15. The van der Waals surface area contributed by atoms with Crippen molar-refractivity contribution in [1.29, 1.82) is 0 Å². The predicted molar refractivity (Wildman–Crippen MR) is 123 cm³/mol. The topological polar surface area (TPSA) is 84.2 Å². The number of carbonyl (C=O) groups is 1. The summed E-state index contributed by atoms with van der Waals surface area (Å²) in [4.78, 5) is 23.7. The number of hydrogen-bond donors (Lipinski definition) is 1. The summed E-state index contributed by atoms with van der Waals surface area (Å²) < 4.78 is 18.8. The number of nitrogens with one attached hydrogen (secondary N) is 1. The highest BCUT2D eigenvalue weighted by Crippen LogP contribution is 2.34. The number of amides is 1. The molecule has 1 N–H and O–H groups in total. The van der Waals surface area contributed by atoms with Gasteiger partial charge in [0.15, 0.2) is 0 Å². The number of hydrogen-bond acceptors (Lipinski definition) is 6. The minimum absolute atomic E-state index is 0.00373. The van der Waals surface area contributed by atoms with E-state index in [1.807, 2.05) is 24.3 Å². The SMILES string of the molecule is O=C(NCc1ccc(Cl)cc1)[C@H]1CCCN(c2ncnc3onc(-c4ccc(F)cc4)c23)C1. The molecule has 1 atom stereocenters. The first-order chi connectivity index (χ1) is 16.1. The van der Waals surface area contributed by atoms with Gasteiger partial charge < -0.3 is 14.7 Å². The van der Waals surface area contributed by atoms with Crippen LogP contribution in [-0.2, 0) is 11.3 Å². The van der Waals surface area contributed by atoms with Gasteiger partial charge in [-0.2, -0.15) is 4.98 Å². The maximum atomic E-state index is 13.4. The van der Waals surface area contributed by atoms with Crippen LogP contribution in [0.2, 0.25) is 5.02 Å². The van der Waals surface area contributed by atoms with E-state index in [0.717, 1.165) is 24.9 Å². The molecular weight excluding hydrogens is 445 g/mol. The van der Waals surface area contributed by atoms with Crippen molar-refractivity contribution >= 4 is 34.4 Å². The Hall–Kier alpha value is -3.52. The van der Waals surface area contributed by atoms with Gasteiger partial charge in [-0.05, 0) is 54.8 Å². The third kappa shape index (κ3) is 4.52. The van der Waals surface area contributed by atoms with Gasteiger partial charge in [-0.3, -0.25) is 4.79 Å². The fraction of sp³-hybridized carbons (Fsp3) is 0.250. The summed E-state index contributed by atoms with van der Waals surface area (Å²) in [7, 11) is 0. The molecule has 0 radical (unpaired) electrons. The molecule has 168 valence electrons. The molecule has 0 bridgehead atoms. The van der Waals surface area contributed by atoms with Crippen LogP contribution in [0.25, 0.3) is 22.4 Å². The minimum atomic E-state index is -0.327. The number of piperidine rings is 1. The lowest BCUT2D eigenvalue weighted by Crippen LogP contribution is -2.43. The molecule has 1 aliphatic rings. The molecule has 0 spiro atoms. The van der Waals surface area contributed by atoms with Crippen LogP contribution in [0.1, 0.15) is 18.4 Å². The van der Waals surface area contributed by atoms with Crippen LogP contribution in [-0.4, -0.2) is 34.1 Å². The van der Waals surface area contributed by atoms with Gasteiger partial charge >= 0.3 is 0 Å². The number of anilines is 1. The van der Waals surface area contributed by atoms with E-state index in [-0.39, 0.29) is 17.6 Å². The summed E-state index contributed by atoms with van der Waals surface area (Å²) in [5, 5.41) is 8.51. The normalized spacial score (nSPS) is 16.2. The molecule has 0 saturated carbocycles. The summed E-state index contributed by atoms with van der Waals surface area (Å²) in [6.45, 7) is 1.72. The lowest BCUT2D eigenvalue weighted by molar-refractivity contribution is -0.125. The van der Waals surface area contributed by atoms with E-state index in [1.165, 1.54) is 18.5 Å². The number of carbonyl (C=O) groups excluding carboxylic acids is 1. The molecule has 33 heavy (non-hydrogen) atoms. The van der Waals surface area contributed by atoms with Crippen molar-refractivity contribution in [1.82, 2.24) is 20.4 Å². The largest absolute Gasteiger partial charge is 0.355 e. The Balaban J connectivity index is 1.36. The lowest BCUT2D eigenvalue weighted by atomic mass is 9.96. The molecule has 7 nitrogen and oxygen atoms in total. The molecule has 3 heterocycles. The molecule has 1 amide bonds. The lowest BCUT2D eigenvalue weighted by Gasteiger charge is -2.33. The van der Waals surface area contributed by atoms with E-state index in [1.54, 1.807) is 12.1 Å². The molecule has 9 heteroatoms. The number of aromatic nitrogens is 3. The third-order valence-electron chi connectivity index (χ3n) is 5.84. The first-order valence-corrected chi connectivity index (χ1v) is 11.1. The molecule has 0 aliphatic carbocycles. The predicted octanol–water partition coefficient (Wildman–Crippen LogP) is 4.61. The van der Waals surface area contributed by atoms with Gasteiger partial charge in [-0.15, -0.1) is 0 Å². The van der Waals surface area contributed by atoms with E-state index in [2.05, 4.69) is 25.3 Å². The summed E-state index contributed by atoms with van der Waals surface area (Å²) in [6, 6.07) is 13.5. The van der Waals surface area contributed by atoms with Gasteiger partial charge in [0.1, 0.15) is 29.0 Å². The molecule has 1 aliphatic heterocycles. The molecule has 2 aromatic heterocycles. The summed E-state index contributed by atoms with van der Waals surface area (Å²) in [6.07, 6.45) is 3.08. The zero-order chi connectivity index (χ0) is 22.8. The molecule has 1 saturated heterocycles. The maximum Gasteiger partial charge on any atom is 0.263 e. The quantitative estimate of drug-likeness (QED) is 0.463. The Labute approximate surface area is 194 Å². The van der Waals surface area contributed by atoms with Gasteiger partial charge in [-0.1, -0.05) is 28.9 Å². The van der Waals surface area contributed by atoms with Crippen LogP contribution in [0.15, 0.2) is 59.4 Å². The molecule has 2 aromatic carbocycles. The van der Waals surface area contributed by atoms with Crippen LogP contribution < -0.4 is 10.2 Å². The van der Waals surface area contributed by atoms with Crippen molar-refractivity contribution in [3.63, 3.8) is 0 Å². The second-order valence-electron chi connectivity index (χ2n) is 8.04. The van der Waals surface area contributed by atoms with Crippen LogP contribution in [0.5, 0.6) is 0 Å². The molecular formula is C24H21ClFN5O2. The van der Waals surface area contributed by atoms with Gasteiger partial charge in [0.2, 0.25) is 5.91 Å². The van der Waals surface area contributed by atoms with Gasteiger partial charge in [0, 0.05) is 30.2 Å². The van der Waals surface area contributed by atoms with E-state index < -0.39 is 0 Å². The summed E-state index contributed by atoms with van der Waals surface area (Å²) >= 11 is 5.93. The van der Waals surface area contributed by atoms with Crippen molar-refractivity contribution in [3.8, 4) is 11.3 Å². The fourth-order valence-corrected chi connectivity index (χ4v) is 4.26. The summed E-state index contributed by atoms with van der Waals surface area (Å²) in [5.74, 6) is 0.163. The van der Waals surface area contributed by atoms with Gasteiger partial charge in [-0.25, -0.2) is 9.37 Å². The molecule has 1 fully saturated rings. The fourth-order valence-electron chi connectivity index (χ4n) is 4.14. The Bertz CT molecular complexity index is 1280. The number of fused-ring (bicyclic) bond motifs is 1. The Morgan fingerprint density at radius 2 is 1.94 bits per heavy atom. The zero-order valence-corrected chi connectivity index (χ0v) is 18.4. The third-order valence-corrected chi connectivity index (χ3v) is 6.09. The van der Waals surface area contributed by atoms with Crippen molar-refractivity contribution in [2.24, 2.45) is 5.92 Å². The molecule has 4 aromatic rings. The Morgan fingerprint density at radius 1 is 1.15 bits per heavy atom.